The van der Waals surface area contributed by atoms with E-state index in [2.05, 4.69) is 15.3 Å². The van der Waals surface area contributed by atoms with Gasteiger partial charge in [0.2, 0.25) is 0 Å². The number of carbonyl (C=O) groups is 1. The molecular formula is C16H26N4O2. The van der Waals surface area contributed by atoms with E-state index in [4.69, 9.17) is 4.74 Å². The first-order valence-electron chi connectivity index (χ1n) is 8.43. The second-order valence-electron chi connectivity index (χ2n) is 6.24. The van der Waals surface area contributed by atoms with Crippen LogP contribution in [0, 0.1) is 0 Å². The molecule has 0 saturated carbocycles. The summed E-state index contributed by atoms with van der Waals surface area (Å²) in [5, 5.41) is 7.37. The summed E-state index contributed by atoms with van der Waals surface area (Å²) in [6.45, 7) is 6.83. The largest absolute Gasteiger partial charge is 0.377 e. The van der Waals surface area contributed by atoms with Crippen molar-refractivity contribution in [3.05, 3.63) is 18.0 Å². The number of rotatable bonds is 5. The van der Waals surface area contributed by atoms with Gasteiger partial charge in [0.15, 0.2) is 0 Å². The van der Waals surface area contributed by atoms with E-state index < -0.39 is 0 Å². The Kier molecular flexibility index (Phi) is 5.10. The number of ether oxygens (including phenoxy) is 1. The summed E-state index contributed by atoms with van der Waals surface area (Å²) in [4.78, 5) is 14.6. The zero-order valence-corrected chi connectivity index (χ0v) is 13.3. The predicted molar refractivity (Wildman–Crippen MR) is 83.8 cm³/mol. The molecule has 2 aliphatic heterocycles. The molecule has 2 fully saturated rings. The second kappa shape index (κ2) is 7.24. The van der Waals surface area contributed by atoms with Gasteiger partial charge in [0, 0.05) is 45.0 Å². The van der Waals surface area contributed by atoms with Crippen molar-refractivity contribution < 1.29 is 9.53 Å². The van der Waals surface area contributed by atoms with Crippen molar-refractivity contribution in [3.63, 3.8) is 0 Å². The highest BCUT2D eigenvalue weighted by Gasteiger charge is 2.25. The Balaban J connectivity index is 1.42. The predicted octanol–water partition coefficient (Wildman–Crippen LogP) is 1.28. The lowest BCUT2D eigenvalue weighted by Crippen LogP contribution is -2.46. The van der Waals surface area contributed by atoms with Gasteiger partial charge in [-0.1, -0.05) is 0 Å². The van der Waals surface area contributed by atoms with Crippen LogP contribution < -0.4 is 5.32 Å². The first kappa shape index (κ1) is 15.5. The molecule has 3 heterocycles. The summed E-state index contributed by atoms with van der Waals surface area (Å²) in [6, 6.07) is 2.05. The number of carbonyl (C=O) groups excluding carboxylic acids is 1. The smallest absolute Gasteiger partial charge is 0.271 e. The lowest BCUT2D eigenvalue weighted by atomic mass is 10.0. The minimum Gasteiger partial charge on any atom is -0.377 e. The Labute approximate surface area is 131 Å². The number of aryl methyl sites for hydroxylation is 1. The van der Waals surface area contributed by atoms with Gasteiger partial charge in [0.05, 0.1) is 6.10 Å². The fourth-order valence-electron chi connectivity index (χ4n) is 3.25. The van der Waals surface area contributed by atoms with Crippen molar-refractivity contribution in [2.24, 2.45) is 0 Å². The van der Waals surface area contributed by atoms with Crippen molar-refractivity contribution in [2.45, 2.75) is 51.3 Å². The minimum absolute atomic E-state index is 0.0511. The number of nitrogens with zero attached hydrogens (tertiary/aromatic N) is 3. The standard InChI is InChI=1S/C16H26N4O2/c1-2-20-10-7-15(18-20)16(21)17-13-5-8-19(9-6-13)12-14-4-3-11-22-14/h7,10,13-14H,2-6,8-9,11-12H2,1H3,(H,17,21)/t14-/m0/s1. The maximum absolute atomic E-state index is 12.2. The topological polar surface area (TPSA) is 59.4 Å². The van der Waals surface area contributed by atoms with Crippen LogP contribution in [0.25, 0.3) is 0 Å². The van der Waals surface area contributed by atoms with Crippen LogP contribution in [0.4, 0.5) is 0 Å². The molecule has 22 heavy (non-hydrogen) atoms. The van der Waals surface area contributed by atoms with E-state index >= 15 is 0 Å². The van der Waals surface area contributed by atoms with Crippen LogP contribution in [0.15, 0.2) is 12.3 Å². The second-order valence-corrected chi connectivity index (χ2v) is 6.24. The quantitative estimate of drug-likeness (QED) is 0.890. The van der Waals surface area contributed by atoms with Gasteiger partial charge in [-0.2, -0.15) is 5.10 Å². The summed E-state index contributed by atoms with van der Waals surface area (Å²) in [5.41, 5.74) is 0.517. The van der Waals surface area contributed by atoms with E-state index in [9.17, 15) is 4.79 Å². The normalized spacial score (nSPS) is 23.8. The van der Waals surface area contributed by atoms with Crippen molar-refractivity contribution >= 4 is 5.91 Å². The molecule has 6 nitrogen and oxygen atoms in total. The van der Waals surface area contributed by atoms with Crippen LogP contribution in [0.5, 0.6) is 0 Å². The number of likely N-dealkylation sites (tertiary alicyclic amines) is 1. The van der Waals surface area contributed by atoms with Crippen LogP contribution in [-0.4, -0.2) is 59.0 Å². The van der Waals surface area contributed by atoms with Crippen LogP contribution in [0.1, 0.15) is 43.1 Å². The minimum atomic E-state index is -0.0511. The molecule has 2 saturated heterocycles. The van der Waals surface area contributed by atoms with Gasteiger partial charge in [-0.05, 0) is 38.7 Å². The summed E-state index contributed by atoms with van der Waals surface area (Å²) in [5.74, 6) is -0.0511. The molecule has 0 aliphatic carbocycles. The first-order chi connectivity index (χ1) is 10.7. The van der Waals surface area contributed by atoms with Gasteiger partial charge in [-0.25, -0.2) is 0 Å². The van der Waals surface area contributed by atoms with Crippen molar-refractivity contribution in [2.75, 3.05) is 26.2 Å². The molecule has 2 aliphatic rings. The van der Waals surface area contributed by atoms with E-state index in [1.54, 1.807) is 10.7 Å². The lowest BCUT2D eigenvalue weighted by Gasteiger charge is -2.33. The Bertz CT molecular complexity index is 488. The zero-order valence-electron chi connectivity index (χ0n) is 13.3. The molecule has 0 spiro atoms. The van der Waals surface area contributed by atoms with E-state index in [0.717, 1.165) is 45.6 Å². The van der Waals surface area contributed by atoms with Gasteiger partial charge < -0.3 is 15.0 Å². The van der Waals surface area contributed by atoms with Crippen molar-refractivity contribution in [1.29, 1.82) is 0 Å². The van der Waals surface area contributed by atoms with Crippen LogP contribution >= 0.6 is 0 Å². The first-order valence-corrected chi connectivity index (χ1v) is 8.43. The third-order valence-corrected chi connectivity index (χ3v) is 4.61. The Hall–Kier alpha value is -1.40. The van der Waals surface area contributed by atoms with Gasteiger partial charge in [-0.3, -0.25) is 9.48 Å². The average Bonchev–Trinajstić information content (AvgIpc) is 3.20. The molecule has 0 radical (unpaired) electrons. The lowest BCUT2D eigenvalue weighted by molar-refractivity contribution is 0.0612. The van der Waals surface area contributed by atoms with Gasteiger partial charge in [-0.15, -0.1) is 0 Å². The highest BCUT2D eigenvalue weighted by molar-refractivity contribution is 5.92. The molecule has 1 N–H and O–H groups in total. The molecule has 1 aromatic heterocycles. The molecule has 1 atom stereocenters. The maximum Gasteiger partial charge on any atom is 0.271 e. The summed E-state index contributed by atoms with van der Waals surface area (Å²) >= 11 is 0. The molecule has 0 unspecified atom stereocenters. The number of piperidine rings is 1. The maximum atomic E-state index is 12.2. The van der Waals surface area contributed by atoms with Gasteiger partial charge in [0.1, 0.15) is 5.69 Å². The molecule has 0 bridgehead atoms. The van der Waals surface area contributed by atoms with Crippen LogP contribution in [0.3, 0.4) is 0 Å². The fraction of sp³-hybridized carbons (Fsp3) is 0.750. The van der Waals surface area contributed by atoms with E-state index in [1.807, 2.05) is 13.1 Å². The van der Waals surface area contributed by atoms with E-state index in [1.165, 1.54) is 12.8 Å². The molecule has 3 rings (SSSR count). The number of amides is 1. The SMILES string of the molecule is CCn1ccc(C(=O)NC2CCN(C[C@@H]3CCCO3)CC2)n1. The fourth-order valence-corrected chi connectivity index (χ4v) is 3.25. The number of hydrogen-bond donors (Lipinski definition) is 1. The highest BCUT2D eigenvalue weighted by Crippen LogP contribution is 2.17. The van der Waals surface area contributed by atoms with Crippen molar-refractivity contribution in [1.82, 2.24) is 20.0 Å². The molecule has 122 valence electrons. The van der Waals surface area contributed by atoms with E-state index in [0.29, 0.717) is 11.8 Å². The Morgan fingerprint density at radius 2 is 2.23 bits per heavy atom. The molecule has 1 aromatic rings. The summed E-state index contributed by atoms with van der Waals surface area (Å²) in [7, 11) is 0. The van der Waals surface area contributed by atoms with Gasteiger partial charge in [0.25, 0.3) is 5.91 Å². The molecular weight excluding hydrogens is 280 g/mol. The molecule has 6 heteroatoms. The number of hydrogen-bond acceptors (Lipinski definition) is 4. The third-order valence-electron chi connectivity index (χ3n) is 4.61. The highest BCUT2D eigenvalue weighted by atomic mass is 16.5. The molecule has 0 aromatic carbocycles. The van der Waals surface area contributed by atoms with E-state index in [-0.39, 0.29) is 11.9 Å². The Morgan fingerprint density at radius 1 is 1.41 bits per heavy atom. The summed E-state index contributed by atoms with van der Waals surface area (Å²) in [6.07, 6.45) is 6.67. The third kappa shape index (κ3) is 3.87. The average molecular weight is 306 g/mol. The zero-order chi connectivity index (χ0) is 15.4. The molecule has 1 amide bonds. The van der Waals surface area contributed by atoms with Crippen LogP contribution in [-0.2, 0) is 11.3 Å². The monoisotopic (exact) mass is 306 g/mol. The Morgan fingerprint density at radius 3 is 2.86 bits per heavy atom. The number of nitrogens with one attached hydrogen (secondary N) is 1. The van der Waals surface area contributed by atoms with Gasteiger partial charge >= 0.3 is 0 Å². The number of aromatic nitrogens is 2. The van der Waals surface area contributed by atoms with Crippen LogP contribution in [0.2, 0.25) is 0 Å². The summed E-state index contributed by atoms with van der Waals surface area (Å²) < 4.78 is 7.47. The van der Waals surface area contributed by atoms with Crippen molar-refractivity contribution in [3.8, 4) is 0 Å².